The smallest absolute Gasteiger partial charge is 0.116 e. The molecule has 14 nitrogen and oxygen atoms in total. The van der Waals surface area contributed by atoms with Crippen molar-refractivity contribution in [3.05, 3.63) is 253 Å². The van der Waals surface area contributed by atoms with Gasteiger partial charge in [-0.1, -0.05) is 58.6 Å². The van der Waals surface area contributed by atoms with Crippen LogP contribution in [0, 0.1) is 20.8 Å². The largest absolute Gasteiger partial charge is 0.390 e. The lowest BCUT2D eigenvalue weighted by molar-refractivity contribution is 0.0558. The molecule has 0 aliphatic carbocycles. The van der Waals surface area contributed by atoms with Crippen molar-refractivity contribution in [1.29, 1.82) is 0 Å². The van der Waals surface area contributed by atoms with E-state index in [2.05, 4.69) is 229 Å². The van der Waals surface area contributed by atoms with Gasteiger partial charge in [-0.25, -0.2) is 9.97 Å². The summed E-state index contributed by atoms with van der Waals surface area (Å²) in [7, 11) is 6.58. The van der Waals surface area contributed by atoms with Crippen molar-refractivity contribution in [3.8, 4) is 0 Å². The van der Waals surface area contributed by atoms with Gasteiger partial charge in [0.05, 0.1) is 33.4 Å². The highest BCUT2D eigenvalue weighted by molar-refractivity contribution is 6.31. The molecule has 0 saturated heterocycles. The first-order valence-corrected chi connectivity index (χ1v) is 36.5. The van der Waals surface area contributed by atoms with Gasteiger partial charge in [0.25, 0.3) is 0 Å². The molecule has 16 rings (SSSR count). The standard InChI is InChI=1S/C24H28ClN3O.C22H25N3.C21H23N3.C19H19ClN4/c1-17(18-6-10-26-11-7-18)15-28-22-5-4-19(25)14-20(22)21-16-27(12-8-23(21)28)13-9-24(2,3)29;1-15-5-8-21-19(11-15)20-14-24(4)10-9-22(20)25(21)13-16(2)18-7-6-17(3)23-12-18;1-15-6-7-20-18(11-15)19-14-23(3)10-8-21(19)24(20)13-16(2)17-5-4-9-22-12-17;1-13(17-5-7-21-12-22-17)10-24-18-4-3-14(20)9-15(18)16-11-23(2)8-6-19(16)24/h4-7,10-11,14-15,29H,8-9,12-13,16H2,1-3H3;5-8,11-13H,9-10,14H2,1-4H3;4-7,9,11-13H,8,10,14H2,1-3H3;3-5,7,9-10,12H,6,8,11H2,1-2H3/b17-15+;2*16-13+;13-10+. The van der Waals surface area contributed by atoms with E-state index in [1.807, 2.05) is 88.2 Å². The Morgan fingerprint density at radius 1 is 0.451 bits per heavy atom. The molecule has 4 aliphatic rings. The van der Waals surface area contributed by atoms with Crippen molar-refractivity contribution >= 4 is 114 Å². The van der Waals surface area contributed by atoms with Crippen molar-refractivity contribution < 1.29 is 5.11 Å². The Morgan fingerprint density at radius 2 is 0.892 bits per heavy atom. The van der Waals surface area contributed by atoms with Crippen LogP contribution in [0.2, 0.25) is 10.0 Å². The summed E-state index contributed by atoms with van der Waals surface area (Å²) >= 11 is 12.6. The minimum absolute atomic E-state index is 0.637. The number of rotatable bonds is 11. The number of hydrogen-bond donors (Lipinski definition) is 1. The van der Waals surface area contributed by atoms with Crippen LogP contribution in [0.25, 0.3) is 90.7 Å². The molecule has 0 unspecified atom stereocenters. The van der Waals surface area contributed by atoms with Gasteiger partial charge in [-0.3, -0.25) is 19.9 Å². The first-order chi connectivity index (χ1) is 49.1. The third kappa shape index (κ3) is 15.9. The molecule has 0 bridgehead atoms. The maximum absolute atomic E-state index is 10.1. The first kappa shape index (κ1) is 71.3. The number of aryl methyl sites for hydroxylation is 3. The molecule has 12 heterocycles. The lowest BCUT2D eigenvalue weighted by atomic mass is 10.0. The lowest BCUT2D eigenvalue weighted by Gasteiger charge is -2.30. The van der Waals surface area contributed by atoms with Crippen LogP contribution in [-0.4, -0.2) is 127 Å². The predicted octanol–water partition coefficient (Wildman–Crippen LogP) is 18.3. The van der Waals surface area contributed by atoms with Gasteiger partial charge in [-0.05, 0) is 242 Å². The van der Waals surface area contributed by atoms with E-state index < -0.39 is 5.60 Å². The van der Waals surface area contributed by atoms with Crippen molar-refractivity contribution in [3.63, 3.8) is 0 Å². The van der Waals surface area contributed by atoms with Crippen LogP contribution >= 0.6 is 23.2 Å². The maximum Gasteiger partial charge on any atom is 0.116 e. The highest BCUT2D eigenvalue weighted by atomic mass is 35.5. The van der Waals surface area contributed by atoms with Crippen molar-refractivity contribution in [2.24, 2.45) is 0 Å². The zero-order valence-corrected chi connectivity index (χ0v) is 62.7. The second kappa shape index (κ2) is 30.9. The van der Waals surface area contributed by atoms with E-state index in [0.29, 0.717) is 0 Å². The highest BCUT2D eigenvalue weighted by Gasteiger charge is 2.28. The van der Waals surface area contributed by atoms with E-state index in [9.17, 15) is 5.11 Å². The van der Waals surface area contributed by atoms with Gasteiger partial charge in [0.1, 0.15) is 6.33 Å². The van der Waals surface area contributed by atoms with Crippen LogP contribution in [0.15, 0.2) is 159 Å². The van der Waals surface area contributed by atoms with Crippen molar-refractivity contribution in [2.75, 3.05) is 53.9 Å². The molecule has 0 spiro atoms. The quantitative estimate of drug-likeness (QED) is 0.134. The molecule has 0 saturated carbocycles. The molecule has 12 aromatic rings. The fourth-order valence-corrected chi connectivity index (χ4v) is 15.3. The average Bonchev–Trinajstić information content (AvgIpc) is 1.63. The number of halogens is 2. The fourth-order valence-electron chi connectivity index (χ4n) is 14.9. The molecule has 16 heteroatoms. The average molecular weight is 1400 g/mol. The van der Waals surface area contributed by atoms with Crippen LogP contribution in [0.4, 0.5) is 0 Å². The summed E-state index contributed by atoms with van der Waals surface area (Å²) in [6.07, 6.45) is 26.7. The number of nitrogens with zero attached hydrogens (tertiary/aromatic N) is 13. The SMILES string of the molecule is C/C(=C\n1c2c(c3cc(C)ccc31)CN(C)CC2)c1ccc(C)nc1.C/C(=C\n1c2c(c3cc(C)ccc31)CN(C)CC2)c1cccnc1.C/C(=C\n1c2c(c3cc(Cl)ccc31)CN(C)CC2)c1ccncn1.C/C(=C\n1c2c(c3cc(Cl)ccc31)CN(CCC(C)(C)O)CC2)c1ccncc1. The first-order valence-electron chi connectivity index (χ1n) is 35.7. The number of aromatic nitrogens is 9. The topological polar surface area (TPSA) is 117 Å². The van der Waals surface area contributed by atoms with E-state index in [4.69, 9.17) is 23.2 Å². The van der Waals surface area contributed by atoms with Crippen molar-refractivity contribution in [2.45, 2.75) is 126 Å². The van der Waals surface area contributed by atoms with Gasteiger partial charge in [0.15, 0.2) is 0 Å². The summed E-state index contributed by atoms with van der Waals surface area (Å²) in [6.45, 7) is 27.8. The Bertz CT molecular complexity index is 4990. The molecular formula is C86H95Cl2N13O. The Labute approximate surface area is 611 Å². The Balaban J connectivity index is 0.000000122. The molecule has 4 aromatic carbocycles. The fraction of sp³-hybridized carbons (Fsp3) is 0.314. The second-order valence-electron chi connectivity index (χ2n) is 29.1. The number of aliphatic hydroxyl groups is 1. The summed E-state index contributed by atoms with van der Waals surface area (Å²) in [6, 6.07) is 40.3. The number of likely N-dealkylation sites (N-methyl/N-ethyl adjacent to an activating group) is 3. The van der Waals surface area contributed by atoms with E-state index in [-0.39, 0.29) is 0 Å². The molecule has 0 radical (unpaired) electrons. The lowest BCUT2D eigenvalue weighted by Crippen LogP contribution is -2.35. The van der Waals surface area contributed by atoms with Gasteiger partial charge in [0, 0.05) is 207 Å². The Morgan fingerprint density at radius 3 is 1.34 bits per heavy atom. The third-order valence-corrected chi connectivity index (χ3v) is 21.0. The monoisotopic (exact) mass is 1400 g/mol. The summed E-state index contributed by atoms with van der Waals surface area (Å²) < 4.78 is 9.46. The van der Waals surface area contributed by atoms with Crippen LogP contribution in [0.1, 0.15) is 132 Å². The minimum Gasteiger partial charge on any atom is -0.390 e. The summed E-state index contributed by atoms with van der Waals surface area (Å²) in [5.41, 5.74) is 28.7. The molecule has 4 aliphatic heterocycles. The molecule has 0 atom stereocenters. The number of pyridine rings is 3. The van der Waals surface area contributed by atoms with Gasteiger partial charge in [-0.2, -0.15) is 0 Å². The summed E-state index contributed by atoms with van der Waals surface area (Å²) in [5, 5.41) is 16.9. The molecular weight excluding hydrogens is 1300 g/mol. The summed E-state index contributed by atoms with van der Waals surface area (Å²) in [4.78, 5) is 30.8. The van der Waals surface area contributed by atoms with Gasteiger partial charge >= 0.3 is 0 Å². The zero-order chi connectivity index (χ0) is 71.5. The van der Waals surface area contributed by atoms with E-state index in [0.717, 1.165) is 118 Å². The van der Waals surface area contributed by atoms with Crippen LogP contribution in [-0.2, 0) is 51.9 Å². The number of hydrogen-bond acceptors (Lipinski definition) is 10. The summed E-state index contributed by atoms with van der Waals surface area (Å²) in [5.74, 6) is 0. The molecule has 524 valence electrons. The van der Waals surface area contributed by atoms with Gasteiger partial charge in [-0.15, -0.1) is 0 Å². The second-order valence-corrected chi connectivity index (χ2v) is 30.0. The molecule has 1 N–H and O–H groups in total. The molecule has 102 heavy (non-hydrogen) atoms. The molecule has 0 amide bonds. The minimum atomic E-state index is -0.637. The van der Waals surface area contributed by atoms with E-state index >= 15 is 0 Å². The van der Waals surface area contributed by atoms with Crippen molar-refractivity contribution in [1.82, 2.24) is 62.8 Å². The molecule has 8 aromatic heterocycles. The number of fused-ring (bicyclic) bond motifs is 12. The van der Waals surface area contributed by atoms with Crippen LogP contribution < -0.4 is 0 Å². The zero-order valence-electron chi connectivity index (χ0n) is 61.2. The Hall–Kier alpha value is -9.09. The Kier molecular flexibility index (Phi) is 21.6. The highest BCUT2D eigenvalue weighted by Crippen LogP contribution is 2.39. The van der Waals surface area contributed by atoms with E-state index in [1.54, 1.807) is 12.5 Å². The van der Waals surface area contributed by atoms with E-state index in [1.165, 1.54) is 133 Å². The van der Waals surface area contributed by atoms with Crippen LogP contribution in [0.3, 0.4) is 0 Å². The molecule has 0 fully saturated rings. The number of allylic oxidation sites excluding steroid dienone is 4. The normalized spacial score (nSPS) is 15.7. The maximum atomic E-state index is 10.1. The van der Waals surface area contributed by atoms with Gasteiger partial charge < -0.3 is 38.1 Å². The third-order valence-electron chi connectivity index (χ3n) is 20.6. The van der Waals surface area contributed by atoms with Gasteiger partial charge in [0.2, 0.25) is 0 Å². The van der Waals surface area contributed by atoms with Crippen LogP contribution in [0.5, 0.6) is 0 Å². The number of benzene rings is 4. The predicted molar refractivity (Wildman–Crippen MR) is 426 cm³/mol.